The minimum atomic E-state index is -0.989. The third-order valence-electron chi connectivity index (χ3n) is 2.39. The van der Waals surface area contributed by atoms with Crippen molar-refractivity contribution in [3.63, 3.8) is 0 Å². The van der Waals surface area contributed by atoms with Gasteiger partial charge in [-0.1, -0.05) is 6.07 Å². The SMILES string of the molecule is Nc1cc(F)c(SCc2ccc(F)c(F)c2)c(F)c1. The highest BCUT2D eigenvalue weighted by Crippen LogP contribution is 2.30. The van der Waals surface area contributed by atoms with E-state index in [-0.39, 0.29) is 16.3 Å². The molecule has 0 radical (unpaired) electrons. The quantitative estimate of drug-likeness (QED) is 0.522. The summed E-state index contributed by atoms with van der Waals surface area (Å²) in [5.74, 6) is -3.38. The van der Waals surface area contributed by atoms with E-state index < -0.39 is 23.3 Å². The lowest BCUT2D eigenvalue weighted by molar-refractivity contribution is 0.507. The molecule has 0 bridgehead atoms. The van der Waals surface area contributed by atoms with Gasteiger partial charge in [0.1, 0.15) is 11.6 Å². The Kier molecular flexibility index (Phi) is 3.99. The second-order valence-corrected chi connectivity index (χ2v) is 4.84. The largest absolute Gasteiger partial charge is 0.399 e. The lowest BCUT2D eigenvalue weighted by atomic mass is 10.2. The fraction of sp³-hybridized carbons (Fsp3) is 0.0769. The first kappa shape index (κ1) is 13.7. The van der Waals surface area contributed by atoms with E-state index in [1.165, 1.54) is 6.07 Å². The molecule has 6 heteroatoms. The van der Waals surface area contributed by atoms with Crippen molar-refractivity contribution in [1.29, 1.82) is 0 Å². The Bertz CT molecular complexity index is 593. The van der Waals surface area contributed by atoms with Gasteiger partial charge in [-0.2, -0.15) is 0 Å². The molecule has 0 aliphatic rings. The first-order valence-corrected chi connectivity index (χ1v) is 6.27. The summed E-state index contributed by atoms with van der Waals surface area (Å²) in [5, 5.41) is 0. The molecule has 0 saturated carbocycles. The minimum Gasteiger partial charge on any atom is -0.399 e. The maximum absolute atomic E-state index is 13.5. The fourth-order valence-electron chi connectivity index (χ4n) is 1.50. The molecule has 0 spiro atoms. The molecule has 0 atom stereocenters. The molecule has 2 aromatic rings. The summed E-state index contributed by atoms with van der Waals surface area (Å²) < 4.78 is 52.7. The van der Waals surface area contributed by atoms with Crippen molar-refractivity contribution in [2.75, 3.05) is 5.73 Å². The van der Waals surface area contributed by atoms with E-state index in [1.807, 2.05) is 0 Å². The molecule has 1 nitrogen and oxygen atoms in total. The van der Waals surface area contributed by atoms with Crippen LogP contribution in [-0.2, 0) is 5.75 Å². The van der Waals surface area contributed by atoms with Crippen LogP contribution < -0.4 is 5.73 Å². The summed E-state index contributed by atoms with van der Waals surface area (Å²) in [6, 6.07) is 5.35. The highest BCUT2D eigenvalue weighted by Gasteiger charge is 2.11. The van der Waals surface area contributed by atoms with E-state index >= 15 is 0 Å². The molecule has 0 heterocycles. The summed E-state index contributed by atoms with van der Waals surface area (Å²) in [5.41, 5.74) is 5.71. The molecule has 0 aromatic heterocycles. The van der Waals surface area contributed by atoms with Gasteiger partial charge in [-0.3, -0.25) is 0 Å². The topological polar surface area (TPSA) is 26.0 Å². The lowest BCUT2D eigenvalue weighted by Crippen LogP contribution is -1.94. The minimum absolute atomic E-state index is 0.00724. The van der Waals surface area contributed by atoms with Crippen LogP contribution >= 0.6 is 11.8 Å². The molecule has 0 saturated heterocycles. The summed E-state index contributed by atoms with van der Waals surface area (Å²) in [7, 11) is 0. The van der Waals surface area contributed by atoms with Crippen molar-refractivity contribution < 1.29 is 17.6 Å². The van der Waals surface area contributed by atoms with Gasteiger partial charge in [-0.05, 0) is 29.8 Å². The Balaban J connectivity index is 2.16. The number of hydrogen-bond acceptors (Lipinski definition) is 2. The Labute approximate surface area is 111 Å². The van der Waals surface area contributed by atoms with Crippen LogP contribution in [0.3, 0.4) is 0 Å². The second kappa shape index (κ2) is 5.52. The summed E-state index contributed by atoms with van der Waals surface area (Å²) in [6.45, 7) is 0. The molecule has 100 valence electrons. The third-order valence-corrected chi connectivity index (χ3v) is 3.54. The molecule has 0 aliphatic carbocycles. The van der Waals surface area contributed by atoms with Gasteiger partial charge in [0.05, 0.1) is 4.90 Å². The molecule has 2 aromatic carbocycles. The fourth-order valence-corrected chi connectivity index (χ4v) is 2.39. The van der Waals surface area contributed by atoms with Gasteiger partial charge in [0.15, 0.2) is 11.6 Å². The number of nitrogen functional groups attached to an aromatic ring is 1. The lowest BCUT2D eigenvalue weighted by Gasteiger charge is -2.06. The standard InChI is InChI=1S/C13H9F4NS/c14-9-2-1-7(3-10(9)15)6-19-13-11(16)4-8(18)5-12(13)17/h1-5H,6,18H2. The van der Waals surface area contributed by atoms with Crippen molar-refractivity contribution in [2.24, 2.45) is 0 Å². The van der Waals surface area contributed by atoms with Crippen LogP contribution in [0.25, 0.3) is 0 Å². The van der Waals surface area contributed by atoms with Crippen molar-refractivity contribution in [2.45, 2.75) is 10.6 Å². The number of thioether (sulfide) groups is 1. The number of rotatable bonds is 3. The van der Waals surface area contributed by atoms with Gasteiger partial charge >= 0.3 is 0 Å². The van der Waals surface area contributed by atoms with Crippen molar-refractivity contribution in [3.05, 3.63) is 59.2 Å². The van der Waals surface area contributed by atoms with Crippen molar-refractivity contribution in [3.8, 4) is 0 Å². The first-order chi connectivity index (χ1) is 8.97. The number of halogens is 4. The van der Waals surface area contributed by atoms with Gasteiger partial charge in [0, 0.05) is 11.4 Å². The van der Waals surface area contributed by atoms with Crippen LogP contribution in [0.2, 0.25) is 0 Å². The van der Waals surface area contributed by atoms with E-state index in [9.17, 15) is 17.6 Å². The smallest absolute Gasteiger partial charge is 0.159 e. The van der Waals surface area contributed by atoms with Crippen molar-refractivity contribution in [1.82, 2.24) is 0 Å². The molecule has 19 heavy (non-hydrogen) atoms. The highest BCUT2D eigenvalue weighted by atomic mass is 32.2. The van der Waals surface area contributed by atoms with Crippen LogP contribution in [-0.4, -0.2) is 0 Å². The predicted molar refractivity (Wildman–Crippen MR) is 66.7 cm³/mol. The third kappa shape index (κ3) is 3.20. The number of anilines is 1. The predicted octanol–water partition coefficient (Wildman–Crippen LogP) is 4.12. The van der Waals surface area contributed by atoms with E-state index in [0.717, 1.165) is 36.0 Å². The molecular weight excluding hydrogens is 278 g/mol. The summed E-state index contributed by atoms with van der Waals surface area (Å²) >= 11 is 0.855. The number of benzene rings is 2. The Morgan fingerprint density at radius 1 is 0.842 bits per heavy atom. The highest BCUT2D eigenvalue weighted by molar-refractivity contribution is 7.98. The first-order valence-electron chi connectivity index (χ1n) is 5.28. The molecule has 2 N–H and O–H groups in total. The van der Waals surface area contributed by atoms with Gasteiger partial charge in [0.2, 0.25) is 0 Å². The van der Waals surface area contributed by atoms with Crippen LogP contribution in [0.4, 0.5) is 23.2 Å². The molecule has 0 fully saturated rings. The van der Waals surface area contributed by atoms with Gasteiger partial charge in [0.25, 0.3) is 0 Å². The van der Waals surface area contributed by atoms with E-state index in [1.54, 1.807) is 0 Å². The van der Waals surface area contributed by atoms with Gasteiger partial charge in [-0.25, -0.2) is 17.6 Å². The Morgan fingerprint density at radius 2 is 1.47 bits per heavy atom. The van der Waals surface area contributed by atoms with Crippen LogP contribution in [0.15, 0.2) is 35.2 Å². The average molecular weight is 287 g/mol. The number of nitrogens with two attached hydrogens (primary N) is 1. The molecule has 0 unspecified atom stereocenters. The normalized spacial score (nSPS) is 10.7. The zero-order valence-corrected chi connectivity index (χ0v) is 10.4. The molecular formula is C13H9F4NS. The van der Waals surface area contributed by atoms with E-state index in [0.29, 0.717) is 5.56 Å². The van der Waals surface area contributed by atoms with E-state index in [2.05, 4.69) is 0 Å². The maximum Gasteiger partial charge on any atom is 0.159 e. The second-order valence-electron chi connectivity index (χ2n) is 3.85. The Morgan fingerprint density at radius 3 is 2.05 bits per heavy atom. The zero-order chi connectivity index (χ0) is 14.0. The van der Waals surface area contributed by atoms with Crippen LogP contribution in [0, 0.1) is 23.3 Å². The average Bonchev–Trinajstić information content (AvgIpc) is 2.32. The molecule has 2 rings (SSSR count). The van der Waals surface area contributed by atoms with E-state index in [4.69, 9.17) is 5.73 Å². The van der Waals surface area contributed by atoms with Crippen LogP contribution in [0.1, 0.15) is 5.56 Å². The monoisotopic (exact) mass is 287 g/mol. The molecule has 0 aliphatic heterocycles. The van der Waals surface area contributed by atoms with Crippen LogP contribution in [0.5, 0.6) is 0 Å². The van der Waals surface area contributed by atoms with Gasteiger partial charge < -0.3 is 5.73 Å². The summed E-state index contributed by atoms with van der Waals surface area (Å²) in [4.78, 5) is -0.195. The maximum atomic E-state index is 13.5. The number of hydrogen-bond donors (Lipinski definition) is 1. The Hall–Kier alpha value is -1.69. The zero-order valence-electron chi connectivity index (χ0n) is 9.59. The van der Waals surface area contributed by atoms with Gasteiger partial charge in [-0.15, -0.1) is 11.8 Å². The molecule has 0 amide bonds. The summed E-state index contributed by atoms with van der Waals surface area (Å²) in [6.07, 6.45) is 0. The van der Waals surface area contributed by atoms with Crippen molar-refractivity contribution >= 4 is 17.4 Å².